The highest BCUT2D eigenvalue weighted by Crippen LogP contribution is 2.56. The molecule has 2 atom stereocenters. The summed E-state index contributed by atoms with van der Waals surface area (Å²) in [5.41, 5.74) is 2.00. The zero-order valence-corrected chi connectivity index (χ0v) is 19.7. The van der Waals surface area contributed by atoms with Gasteiger partial charge in [-0.05, 0) is 25.1 Å². The summed E-state index contributed by atoms with van der Waals surface area (Å²) in [7, 11) is -4.02. The molecule has 5 rings (SSSR count). The number of hydrogen-bond donors (Lipinski definition) is 0. The van der Waals surface area contributed by atoms with E-state index in [1.807, 2.05) is 37.3 Å². The minimum absolute atomic E-state index is 0.00976. The Morgan fingerprint density at radius 2 is 1.94 bits per heavy atom. The second-order valence-corrected chi connectivity index (χ2v) is 11.0. The SMILES string of the molecule is C=CCN1C2=C(SC1=C(C#N)S(=O)(=O)c1ccc(C)cc1)[C@@H]1c3ccccc3OC[C@@H]1CO2. The number of thioether (sulfide) groups is 1. The van der Waals surface area contributed by atoms with Gasteiger partial charge in [-0.15, -0.1) is 6.58 Å². The van der Waals surface area contributed by atoms with Crippen molar-refractivity contribution in [3.8, 4) is 11.8 Å². The molecule has 33 heavy (non-hydrogen) atoms. The first kappa shape index (κ1) is 21.7. The number of nitrogens with zero attached hydrogens (tertiary/aromatic N) is 2. The van der Waals surface area contributed by atoms with Crippen LogP contribution < -0.4 is 4.74 Å². The number of sulfone groups is 1. The summed E-state index contributed by atoms with van der Waals surface area (Å²) < 4.78 is 39.0. The minimum atomic E-state index is -4.02. The van der Waals surface area contributed by atoms with Crippen molar-refractivity contribution < 1.29 is 17.9 Å². The van der Waals surface area contributed by atoms with E-state index in [2.05, 4.69) is 6.58 Å². The van der Waals surface area contributed by atoms with Crippen molar-refractivity contribution in [2.45, 2.75) is 17.7 Å². The van der Waals surface area contributed by atoms with Crippen molar-refractivity contribution in [3.05, 3.63) is 93.0 Å². The highest BCUT2D eigenvalue weighted by Gasteiger charge is 2.46. The van der Waals surface area contributed by atoms with Crippen molar-refractivity contribution in [3.63, 3.8) is 0 Å². The molecule has 0 aromatic heterocycles. The van der Waals surface area contributed by atoms with Crippen molar-refractivity contribution in [1.29, 1.82) is 5.26 Å². The summed E-state index contributed by atoms with van der Waals surface area (Å²) in [5, 5.41) is 10.4. The van der Waals surface area contributed by atoms with E-state index < -0.39 is 9.84 Å². The molecule has 3 heterocycles. The van der Waals surface area contributed by atoms with E-state index in [0.717, 1.165) is 21.8 Å². The van der Waals surface area contributed by atoms with E-state index in [1.54, 1.807) is 23.1 Å². The highest BCUT2D eigenvalue weighted by molar-refractivity contribution is 8.08. The van der Waals surface area contributed by atoms with Crippen molar-refractivity contribution in [1.82, 2.24) is 4.90 Å². The molecular formula is C25H22N2O4S2. The van der Waals surface area contributed by atoms with Crippen LogP contribution in [0.2, 0.25) is 0 Å². The Labute approximate surface area is 197 Å². The fourth-order valence-corrected chi connectivity index (χ4v) is 7.36. The first-order valence-electron chi connectivity index (χ1n) is 10.6. The Hall–Kier alpha value is -3.15. The van der Waals surface area contributed by atoms with Crippen molar-refractivity contribution in [2.24, 2.45) is 5.92 Å². The molecule has 0 unspecified atom stereocenters. The van der Waals surface area contributed by atoms with Gasteiger partial charge in [0.1, 0.15) is 16.8 Å². The molecule has 0 bridgehead atoms. The van der Waals surface area contributed by atoms with E-state index in [1.165, 1.54) is 23.9 Å². The van der Waals surface area contributed by atoms with Crippen LogP contribution in [0.5, 0.6) is 5.75 Å². The Balaban J connectivity index is 1.64. The molecule has 3 aliphatic rings. The normalized spacial score (nSPS) is 22.8. The van der Waals surface area contributed by atoms with Crippen LogP contribution in [0.25, 0.3) is 0 Å². The molecule has 0 saturated carbocycles. The summed E-state index contributed by atoms with van der Waals surface area (Å²) in [6.07, 6.45) is 1.68. The molecule has 0 spiro atoms. The number of fused-ring (bicyclic) bond motifs is 4. The summed E-state index contributed by atoms with van der Waals surface area (Å²) in [4.78, 5) is 2.47. The van der Waals surface area contributed by atoms with Crippen LogP contribution in [-0.4, -0.2) is 33.1 Å². The quantitative estimate of drug-likeness (QED) is 0.466. The number of allylic oxidation sites excluding steroid dienone is 2. The first-order chi connectivity index (χ1) is 16.0. The van der Waals surface area contributed by atoms with Crippen molar-refractivity contribution >= 4 is 21.6 Å². The zero-order valence-electron chi connectivity index (χ0n) is 18.0. The van der Waals surface area contributed by atoms with Crippen LogP contribution in [0.15, 0.2) is 86.8 Å². The zero-order chi connectivity index (χ0) is 23.2. The second kappa shape index (κ2) is 8.32. The van der Waals surface area contributed by atoms with Gasteiger partial charge < -0.3 is 14.4 Å². The molecule has 6 nitrogen and oxygen atoms in total. The lowest BCUT2D eigenvalue weighted by molar-refractivity contribution is 0.0545. The summed E-state index contributed by atoms with van der Waals surface area (Å²) in [6, 6.07) is 16.4. The Bertz CT molecular complexity index is 1340. The van der Waals surface area contributed by atoms with E-state index >= 15 is 0 Å². The Kier molecular flexibility index (Phi) is 5.47. The van der Waals surface area contributed by atoms with Gasteiger partial charge in [-0.2, -0.15) is 5.26 Å². The minimum Gasteiger partial charge on any atom is -0.493 e. The van der Waals surface area contributed by atoms with E-state index in [0.29, 0.717) is 30.7 Å². The van der Waals surface area contributed by atoms with Gasteiger partial charge in [-0.1, -0.05) is 53.7 Å². The van der Waals surface area contributed by atoms with E-state index in [-0.39, 0.29) is 21.6 Å². The maximum Gasteiger partial charge on any atom is 0.219 e. The highest BCUT2D eigenvalue weighted by atomic mass is 32.2. The molecule has 2 aromatic carbocycles. The fraction of sp³-hybridized carbons (Fsp3) is 0.240. The number of rotatable bonds is 4. The molecule has 0 radical (unpaired) electrons. The predicted molar refractivity (Wildman–Crippen MR) is 127 cm³/mol. The van der Waals surface area contributed by atoms with Crippen LogP contribution in [0, 0.1) is 24.2 Å². The van der Waals surface area contributed by atoms with Crippen molar-refractivity contribution in [2.75, 3.05) is 19.8 Å². The van der Waals surface area contributed by atoms with Crippen LogP contribution in [-0.2, 0) is 14.6 Å². The van der Waals surface area contributed by atoms with E-state index in [4.69, 9.17) is 9.47 Å². The van der Waals surface area contributed by atoms with Gasteiger partial charge in [-0.3, -0.25) is 0 Å². The third-order valence-electron chi connectivity index (χ3n) is 6.01. The number of nitriles is 1. The second-order valence-electron chi connectivity index (χ2n) is 8.13. The Morgan fingerprint density at radius 1 is 1.21 bits per heavy atom. The largest absolute Gasteiger partial charge is 0.493 e. The molecule has 0 amide bonds. The standard InChI is InChI=1S/C25H22N2O4S2/c1-3-12-27-24-23(22-17(15-31-24)14-30-20-7-5-4-6-19(20)22)32-25(27)21(13-26)33(28,29)18-10-8-16(2)9-11-18/h3-11,17,22H,1,12,14-15H2,2H3/t17-,22+/m1/s1. The lowest BCUT2D eigenvalue weighted by Crippen LogP contribution is -2.35. The molecule has 2 aromatic rings. The van der Waals surface area contributed by atoms with Gasteiger partial charge in [0.25, 0.3) is 0 Å². The monoisotopic (exact) mass is 478 g/mol. The van der Waals surface area contributed by atoms with Crippen LogP contribution in [0.1, 0.15) is 17.0 Å². The molecule has 0 saturated heterocycles. The molecule has 168 valence electrons. The molecule has 0 fully saturated rings. The average molecular weight is 479 g/mol. The number of aryl methyl sites for hydroxylation is 1. The molecule has 8 heteroatoms. The fourth-order valence-electron chi connectivity index (χ4n) is 4.40. The maximum atomic E-state index is 13.5. The first-order valence-corrected chi connectivity index (χ1v) is 12.9. The summed E-state index contributed by atoms with van der Waals surface area (Å²) in [5.74, 6) is 1.54. The van der Waals surface area contributed by atoms with Crippen LogP contribution in [0.3, 0.4) is 0 Å². The predicted octanol–water partition coefficient (Wildman–Crippen LogP) is 4.69. The molecule has 0 N–H and O–H groups in total. The lowest BCUT2D eigenvalue weighted by atomic mass is 9.83. The van der Waals surface area contributed by atoms with Gasteiger partial charge >= 0.3 is 0 Å². The molecule has 3 aliphatic heterocycles. The third kappa shape index (κ3) is 3.52. The third-order valence-corrected chi connectivity index (χ3v) is 9.12. The topological polar surface area (TPSA) is 79.6 Å². The van der Waals surface area contributed by atoms with Gasteiger partial charge in [0.05, 0.1) is 23.0 Å². The summed E-state index contributed by atoms with van der Waals surface area (Å²) in [6.45, 7) is 7.01. The number of hydrogen-bond acceptors (Lipinski definition) is 7. The Morgan fingerprint density at radius 3 is 2.67 bits per heavy atom. The average Bonchev–Trinajstić information content (AvgIpc) is 3.17. The van der Waals surface area contributed by atoms with Gasteiger partial charge in [0.2, 0.25) is 15.7 Å². The van der Waals surface area contributed by atoms with Crippen LogP contribution in [0.4, 0.5) is 0 Å². The molecular weight excluding hydrogens is 456 g/mol. The van der Waals surface area contributed by atoms with Gasteiger partial charge in [-0.25, -0.2) is 8.42 Å². The van der Waals surface area contributed by atoms with Gasteiger partial charge in [0, 0.05) is 23.9 Å². The number of para-hydroxylation sites is 1. The number of ether oxygens (including phenoxy) is 2. The maximum absolute atomic E-state index is 13.5. The van der Waals surface area contributed by atoms with E-state index in [9.17, 15) is 13.7 Å². The van der Waals surface area contributed by atoms with Crippen LogP contribution >= 0.6 is 11.8 Å². The number of benzene rings is 2. The summed E-state index contributed by atoms with van der Waals surface area (Å²) >= 11 is 1.30. The van der Waals surface area contributed by atoms with Gasteiger partial charge in [0.15, 0.2) is 4.91 Å². The molecule has 0 aliphatic carbocycles. The smallest absolute Gasteiger partial charge is 0.219 e. The lowest BCUT2D eigenvalue weighted by Gasteiger charge is -2.37.